The quantitative estimate of drug-likeness (QED) is 0.458. The number of esters is 1. The van der Waals surface area contributed by atoms with Gasteiger partial charge in [0.25, 0.3) is 0 Å². The summed E-state index contributed by atoms with van der Waals surface area (Å²) in [6, 6.07) is 3.82. The molecular weight excluding hydrogens is 450 g/mol. The molecule has 0 fully saturated rings. The van der Waals surface area contributed by atoms with Gasteiger partial charge in [0, 0.05) is 13.1 Å². The Hall–Kier alpha value is -3.10. The number of amides is 3. The fraction of sp³-hybridized carbons (Fsp3) is 0.615. The SMILES string of the molecule is CCCN(C(=O)C(C)NC(=O)OC(C)(C)C)C(C(=O)NCCC(=O)OCC)c1ccc(C)cc1C. The lowest BCUT2D eigenvalue weighted by atomic mass is 9.96. The fourth-order valence-corrected chi connectivity index (χ4v) is 3.60. The molecule has 0 heterocycles. The Morgan fingerprint density at radius 3 is 2.29 bits per heavy atom. The van der Waals surface area contributed by atoms with Crippen LogP contribution >= 0.6 is 0 Å². The highest BCUT2D eigenvalue weighted by molar-refractivity contribution is 5.92. The number of carbonyl (C=O) groups excluding carboxylic acids is 4. The zero-order valence-corrected chi connectivity index (χ0v) is 22.3. The second-order valence-electron chi connectivity index (χ2n) is 9.51. The van der Waals surface area contributed by atoms with Crippen molar-refractivity contribution in [3.8, 4) is 0 Å². The molecule has 0 bridgehead atoms. The minimum atomic E-state index is -0.937. The molecular formula is C26H41N3O6. The summed E-state index contributed by atoms with van der Waals surface area (Å²) in [5.74, 6) is -1.23. The first-order valence-electron chi connectivity index (χ1n) is 12.1. The Morgan fingerprint density at radius 1 is 1.09 bits per heavy atom. The number of carbonyl (C=O) groups is 4. The standard InChI is InChI=1S/C26H41N3O6/c1-9-15-29(24(32)19(5)28-25(33)35-26(6,7)8)22(20-12-11-17(3)16-18(20)4)23(31)27-14-13-21(30)34-10-2/h11-12,16,19,22H,9-10,13-15H2,1-8H3,(H,27,31)(H,28,33). The zero-order chi connectivity index (χ0) is 26.8. The van der Waals surface area contributed by atoms with Gasteiger partial charge in [0.1, 0.15) is 17.7 Å². The molecule has 1 rings (SSSR count). The van der Waals surface area contributed by atoms with Gasteiger partial charge in [-0.2, -0.15) is 0 Å². The van der Waals surface area contributed by atoms with Crippen LogP contribution in [0.5, 0.6) is 0 Å². The number of alkyl carbamates (subject to hydrolysis) is 1. The summed E-state index contributed by atoms with van der Waals surface area (Å²) in [4.78, 5) is 52.3. The van der Waals surface area contributed by atoms with Crippen LogP contribution in [-0.4, -0.2) is 60.1 Å². The maximum Gasteiger partial charge on any atom is 0.408 e. The molecule has 0 saturated carbocycles. The van der Waals surface area contributed by atoms with E-state index in [-0.39, 0.29) is 19.6 Å². The van der Waals surface area contributed by atoms with Gasteiger partial charge in [0.05, 0.1) is 13.0 Å². The Kier molecular flexibility index (Phi) is 11.7. The molecule has 0 aliphatic carbocycles. The van der Waals surface area contributed by atoms with E-state index in [1.54, 1.807) is 34.6 Å². The summed E-state index contributed by atoms with van der Waals surface area (Å²) in [7, 11) is 0. The molecule has 2 unspecified atom stereocenters. The Bertz CT molecular complexity index is 894. The molecule has 0 radical (unpaired) electrons. The van der Waals surface area contributed by atoms with Gasteiger partial charge in [-0.15, -0.1) is 0 Å². The molecule has 1 aromatic carbocycles. The van der Waals surface area contributed by atoms with Crippen LogP contribution in [0.15, 0.2) is 18.2 Å². The van der Waals surface area contributed by atoms with Crippen LogP contribution < -0.4 is 10.6 Å². The number of nitrogens with zero attached hydrogens (tertiary/aromatic N) is 1. The van der Waals surface area contributed by atoms with Crippen molar-refractivity contribution in [2.75, 3.05) is 19.7 Å². The molecule has 9 nitrogen and oxygen atoms in total. The maximum atomic E-state index is 13.5. The van der Waals surface area contributed by atoms with Crippen molar-refractivity contribution in [2.45, 2.75) is 85.9 Å². The first-order chi connectivity index (χ1) is 16.3. The van der Waals surface area contributed by atoms with Crippen molar-refractivity contribution in [3.63, 3.8) is 0 Å². The first kappa shape index (κ1) is 29.9. The van der Waals surface area contributed by atoms with Crippen molar-refractivity contribution in [1.82, 2.24) is 15.5 Å². The Morgan fingerprint density at radius 2 is 1.74 bits per heavy atom. The lowest BCUT2D eigenvalue weighted by Gasteiger charge is -2.34. The molecule has 0 saturated heterocycles. The summed E-state index contributed by atoms with van der Waals surface area (Å²) >= 11 is 0. The first-order valence-corrected chi connectivity index (χ1v) is 12.1. The summed E-state index contributed by atoms with van der Waals surface area (Å²) in [5, 5.41) is 5.34. The second kappa shape index (κ2) is 13.7. The highest BCUT2D eigenvalue weighted by Gasteiger charge is 2.35. The topological polar surface area (TPSA) is 114 Å². The number of nitrogens with one attached hydrogen (secondary N) is 2. The minimum Gasteiger partial charge on any atom is -0.466 e. The molecule has 3 amide bonds. The van der Waals surface area contributed by atoms with E-state index in [0.717, 1.165) is 11.1 Å². The van der Waals surface area contributed by atoms with Crippen LogP contribution in [0.1, 0.15) is 77.1 Å². The van der Waals surface area contributed by atoms with E-state index in [2.05, 4.69) is 10.6 Å². The zero-order valence-electron chi connectivity index (χ0n) is 22.3. The van der Waals surface area contributed by atoms with Crippen molar-refractivity contribution in [1.29, 1.82) is 0 Å². The Balaban J connectivity index is 3.24. The number of aryl methyl sites for hydroxylation is 2. The van der Waals surface area contributed by atoms with Crippen molar-refractivity contribution in [3.05, 3.63) is 34.9 Å². The maximum absolute atomic E-state index is 13.5. The number of hydrogen-bond donors (Lipinski definition) is 2. The number of hydrogen-bond acceptors (Lipinski definition) is 6. The van der Waals surface area contributed by atoms with Gasteiger partial charge in [-0.1, -0.05) is 30.7 Å². The van der Waals surface area contributed by atoms with E-state index in [4.69, 9.17) is 9.47 Å². The third kappa shape index (κ3) is 9.96. The summed E-state index contributed by atoms with van der Waals surface area (Å²) in [6.45, 7) is 14.9. The molecule has 35 heavy (non-hydrogen) atoms. The van der Waals surface area contributed by atoms with Crippen LogP contribution in [0.25, 0.3) is 0 Å². The molecule has 1 aromatic rings. The molecule has 9 heteroatoms. The van der Waals surface area contributed by atoms with Gasteiger partial charge in [-0.3, -0.25) is 14.4 Å². The van der Waals surface area contributed by atoms with Crippen LogP contribution in [0.4, 0.5) is 4.79 Å². The van der Waals surface area contributed by atoms with Crippen LogP contribution in [0.2, 0.25) is 0 Å². The summed E-state index contributed by atoms with van der Waals surface area (Å²) < 4.78 is 10.2. The summed E-state index contributed by atoms with van der Waals surface area (Å²) in [5.41, 5.74) is 1.85. The van der Waals surface area contributed by atoms with E-state index in [1.165, 1.54) is 4.90 Å². The molecule has 2 N–H and O–H groups in total. The molecule has 0 aliphatic rings. The number of rotatable bonds is 11. The van der Waals surface area contributed by atoms with Gasteiger partial charge < -0.3 is 25.0 Å². The van der Waals surface area contributed by atoms with Crippen LogP contribution in [0, 0.1) is 13.8 Å². The molecule has 196 valence electrons. The van der Waals surface area contributed by atoms with Crippen molar-refractivity contribution >= 4 is 23.9 Å². The highest BCUT2D eigenvalue weighted by atomic mass is 16.6. The molecule has 2 atom stereocenters. The average Bonchev–Trinajstić information content (AvgIpc) is 2.72. The minimum absolute atomic E-state index is 0.0253. The second-order valence-corrected chi connectivity index (χ2v) is 9.51. The largest absolute Gasteiger partial charge is 0.466 e. The predicted octanol–water partition coefficient (Wildman–Crippen LogP) is 3.57. The third-order valence-electron chi connectivity index (χ3n) is 5.06. The smallest absolute Gasteiger partial charge is 0.408 e. The number of benzene rings is 1. The normalized spacial score (nSPS) is 12.8. The van der Waals surface area contributed by atoms with Gasteiger partial charge in [-0.05, 0) is 66.0 Å². The average molecular weight is 492 g/mol. The monoisotopic (exact) mass is 491 g/mol. The predicted molar refractivity (Wildman–Crippen MR) is 134 cm³/mol. The van der Waals surface area contributed by atoms with Gasteiger partial charge in [-0.25, -0.2) is 4.79 Å². The highest BCUT2D eigenvalue weighted by Crippen LogP contribution is 2.26. The van der Waals surface area contributed by atoms with Crippen LogP contribution in [-0.2, 0) is 23.9 Å². The third-order valence-corrected chi connectivity index (χ3v) is 5.06. The van der Waals surface area contributed by atoms with E-state index in [1.807, 2.05) is 39.0 Å². The van der Waals surface area contributed by atoms with Gasteiger partial charge in [0.15, 0.2) is 0 Å². The molecule has 0 aromatic heterocycles. The van der Waals surface area contributed by atoms with Gasteiger partial charge in [0.2, 0.25) is 11.8 Å². The van der Waals surface area contributed by atoms with E-state index < -0.39 is 41.6 Å². The van der Waals surface area contributed by atoms with Gasteiger partial charge >= 0.3 is 12.1 Å². The molecule has 0 aliphatic heterocycles. The lowest BCUT2D eigenvalue weighted by Crippen LogP contribution is -2.52. The van der Waals surface area contributed by atoms with Crippen molar-refractivity contribution < 1.29 is 28.7 Å². The van der Waals surface area contributed by atoms with Crippen molar-refractivity contribution in [2.24, 2.45) is 0 Å². The summed E-state index contributed by atoms with van der Waals surface area (Å²) in [6.07, 6.45) is -0.0864. The van der Waals surface area contributed by atoms with E-state index in [0.29, 0.717) is 18.5 Å². The lowest BCUT2D eigenvalue weighted by molar-refractivity contribution is -0.144. The molecule has 0 spiro atoms. The van der Waals surface area contributed by atoms with Crippen LogP contribution in [0.3, 0.4) is 0 Å². The Labute approximate surface area is 208 Å². The van der Waals surface area contributed by atoms with E-state index >= 15 is 0 Å². The van der Waals surface area contributed by atoms with E-state index in [9.17, 15) is 19.2 Å². The number of ether oxygens (including phenoxy) is 2. The fourth-order valence-electron chi connectivity index (χ4n) is 3.60.